The molecule has 276 valence electrons. The maximum Gasteiger partial charge on any atom is 0.309 e. The lowest BCUT2D eigenvalue weighted by Gasteiger charge is -2.64. The van der Waals surface area contributed by atoms with E-state index in [1.54, 1.807) is 13.8 Å². The summed E-state index contributed by atoms with van der Waals surface area (Å²) in [4.78, 5) is 41.5. The number of piperidine rings is 2. The summed E-state index contributed by atoms with van der Waals surface area (Å²) in [7, 11) is 0. The molecule has 1 spiro atoms. The number of carbonyl (C=O) groups is 3. The number of ether oxygens (including phenoxy) is 4. The van der Waals surface area contributed by atoms with Crippen LogP contribution in [0.25, 0.3) is 0 Å². The van der Waals surface area contributed by atoms with Crippen molar-refractivity contribution in [2.45, 2.75) is 146 Å². The average molecular weight is 694 g/mol. The largest absolute Gasteiger partial charge is 0.458 e. The van der Waals surface area contributed by atoms with Crippen molar-refractivity contribution in [3.63, 3.8) is 0 Å². The third-order valence-electron chi connectivity index (χ3n) is 14.6. The van der Waals surface area contributed by atoms with E-state index in [1.165, 1.54) is 13.8 Å². The summed E-state index contributed by atoms with van der Waals surface area (Å²) in [6, 6.07) is -0.264. The van der Waals surface area contributed by atoms with E-state index in [4.69, 9.17) is 18.9 Å². The van der Waals surface area contributed by atoms with Crippen molar-refractivity contribution in [1.29, 1.82) is 0 Å². The van der Waals surface area contributed by atoms with Crippen molar-refractivity contribution in [3.8, 4) is 0 Å². The predicted octanol–water partition coefficient (Wildman–Crippen LogP) is 0.895. The molecular formula is C36H55NO12. The Morgan fingerprint density at radius 3 is 2.18 bits per heavy atom. The fraction of sp³-hybridized carbons (Fsp3) is 0.917. The topological polar surface area (TPSA) is 193 Å². The molecular weight excluding hydrogens is 638 g/mol. The van der Waals surface area contributed by atoms with E-state index in [1.807, 2.05) is 13.8 Å². The van der Waals surface area contributed by atoms with Gasteiger partial charge in [0.05, 0.1) is 35.1 Å². The van der Waals surface area contributed by atoms with Crippen molar-refractivity contribution in [1.82, 2.24) is 4.90 Å². The highest BCUT2D eigenvalue weighted by Gasteiger charge is 2.89. The van der Waals surface area contributed by atoms with E-state index in [9.17, 15) is 39.9 Å². The maximum atomic E-state index is 13.7. The zero-order chi connectivity index (χ0) is 35.8. The molecule has 4 bridgehead atoms. The number of carbonyl (C=O) groups excluding carboxylic acids is 3. The molecule has 7 rings (SSSR count). The lowest BCUT2D eigenvalue weighted by molar-refractivity contribution is -0.301. The van der Waals surface area contributed by atoms with Gasteiger partial charge in [-0.05, 0) is 63.2 Å². The highest BCUT2D eigenvalue weighted by molar-refractivity contribution is 5.72. The first-order valence-electron chi connectivity index (χ1n) is 18.3. The molecule has 3 aliphatic heterocycles. The van der Waals surface area contributed by atoms with Crippen LogP contribution in [-0.4, -0.2) is 121 Å². The Morgan fingerprint density at radius 2 is 1.57 bits per heavy atom. The first-order chi connectivity index (χ1) is 22.8. The zero-order valence-corrected chi connectivity index (χ0v) is 29.7. The number of hydrogen-bond acceptors (Lipinski definition) is 13. The lowest BCUT2D eigenvalue weighted by atomic mass is 9.48. The molecule has 3 saturated heterocycles. The van der Waals surface area contributed by atoms with Crippen LogP contribution in [0.1, 0.15) is 87.0 Å². The SMILES string of the molecule is CCC(C)C(=O)O[C@H]1[C@H](O)[C@H]2[C@@H](CN3C[C@@H](C)CC[C@H]3[C@@]2(C)O)[C@@H]2C[C@@]34O[C@@]5(O)[C@@H]([C@@H](OC(C)=O)[C@@H](OC(C)=O)[C@H]3[C@@]21O)[C@]4(C)CC[C@@H]5O. The van der Waals surface area contributed by atoms with Crippen molar-refractivity contribution in [3.05, 3.63) is 0 Å². The molecule has 49 heavy (non-hydrogen) atoms. The summed E-state index contributed by atoms with van der Waals surface area (Å²) in [5.41, 5.74) is -6.08. The number of rotatable bonds is 5. The van der Waals surface area contributed by atoms with E-state index >= 15 is 0 Å². The molecule has 0 amide bonds. The minimum Gasteiger partial charge on any atom is -0.458 e. The highest BCUT2D eigenvalue weighted by Crippen LogP contribution is 2.77. The van der Waals surface area contributed by atoms with Crippen LogP contribution in [0.15, 0.2) is 0 Å². The molecule has 4 aliphatic carbocycles. The summed E-state index contributed by atoms with van der Waals surface area (Å²) in [5.74, 6) is -8.98. The molecule has 13 nitrogen and oxygen atoms in total. The van der Waals surface area contributed by atoms with Gasteiger partial charge < -0.3 is 44.5 Å². The summed E-state index contributed by atoms with van der Waals surface area (Å²) in [6.07, 6.45) is -4.60. The number of fused-ring (bicyclic) bond motifs is 5. The molecule has 0 aromatic rings. The van der Waals surface area contributed by atoms with E-state index in [-0.39, 0.29) is 18.9 Å². The van der Waals surface area contributed by atoms with Crippen LogP contribution in [-0.2, 0) is 33.3 Å². The standard InChI is InChI=1S/C36H55NO12/c1-8-17(3)31(42)48-30-25(41)24-20(15-37-14-16(2)9-10-22(37)33(24,7)43)21-13-34-29(35(21,30)44)27(47-19(5)39)26(46-18(4)38)28-32(34,6)12-11-23(40)36(28,45)49-34/h16-17,20-30,40-41,43-45H,8-15H2,1-7H3/t16-,17?,20-,21-,22-,23-,24+,25+,26-,27+,28-,29+,30-,32-,33+,34+,35-,36+/m0/s1. The molecule has 5 N–H and O–H groups in total. The first kappa shape index (κ1) is 35.5. The van der Waals surface area contributed by atoms with Crippen LogP contribution >= 0.6 is 0 Å². The summed E-state index contributed by atoms with van der Waals surface area (Å²) in [5, 5.41) is 62.3. The average Bonchev–Trinajstić information content (AvgIpc) is 3.31. The zero-order valence-electron chi connectivity index (χ0n) is 29.7. The minimum absolute atomic E-state index is 0.0934. The van der Waals surface area contributed by atoms with Gasteiger partial charge in [0.15, 0.2) is 11.9 Å². The molecule has 0 aromatic carbocycles. The molecule has 0 radical (unpaired) electrons. The number of esters is 3. The third-order valence-corrected chi connectivity index (χ3v) is 14.6. The van der Waals surface area contributed by atoms with Crippen LogP contribution in [0.5, 0.6) is 0 Å². The van der Waals surface area contributed by atoms with Crippen LogP contribution in [0.3, 0.4) is 0 Å². The monoisotopic (exact) mass is 693 g/mol. The fourth-order valence-corrected chi connectivity index (χ4v) is 12.6. The Labute approximate surface area is 287 Å². The van der Waals surface area contributed by atoms with Crippen molar-refractivity contribution < 1.29 is 58.9 Å². The Balaban J connectivity index is 1.47. The van der Waals surface area contributed by atoms with Gasteiger partial charge in [0.25, 0.3) is 0 Å². The summed E-state index contributed by atoms with van der Waals surface area (Å²) < 4.78 is 24.9. The van der Waals surface area contributed by atoms with Crippen LogP contribution in [0.2, 0.25) is 0 Å². The van der Waals surface area contributed by atoms with Crippen molar-refractivity contribution in [2.24, 2.45) is 46.8 Å². The number of nitrogens with zero attached hydrogens (tertiary/aromatic N) is 1. The van der Waals surface area contributed by atoms with Gasteiger partial charge in [-0.2, -0.15) is 0 Å². The first-order valence-corrected chi connectivity index (χ1v) is 18.3. The van der Waals surface area contributed by atoms with Crippen LogP contribution < -0.4 is 0 Å². The van der Waals surface area contributed by atoms with E-state index in [0.29, 0.717) is 25.3 Å². The Kier molecular flexibility index (Phi) is 8.20. The van der Waals surface area contributed by atoms with E-state index < -0.39 is 112 Å². The number of aliphatic hydroxyl groups excluding tert-OH is 2. The Bertz CT molecular complexity index is 1390. The minimum atomic E-state index is -2.23. The van der Waals surface area contributed by atoms with Gasteiger partial charge in [0.1, 0.15) is 23.9 Å². The molecule has 7 aliphatic rings. The van der Waals surface area contributed by atoms with Gasteiger partial charge in [-0.15, -0.1) is 0 Å². The number of aliphatic hydroxyl groups is 5. The van der Waals surface area contributed by atoms with Gasteiger partial charge in [0.2, 0.25) is 0 Å². The second-order valence-electron chi connectivity index (χ2n) is 17.2. The third kappa shape index (κ3) is 4.51. The molecule has 18 atom stereocenters. The summed E-state index contributed by atoms with van der Waals surface area (Å²) in [6.45, 7) is 12.9. The summed E-state index contributed by atoms with van der Waals surface area (Å²) >= 11 is 0. The van der Waals surface area contributed by atoms with Gasteiger partial charge in [0, 0.05) is 44.3 Å². The normalized spacial score (nSPS) is 54.9. The van der Waals surface area contributed by atoms with E-state index in [2.05, 4.69) is 11.8 Å². The second kappa shape index (κ2) is 11.3. The molecule has 0 aromatic heterocycles. The van der Waals surface area contributed by atoms with Gasteiger partial charge in [-0.1, -0.05) is 27.7 Å². The molecule has 4 saturated carbocycles. The number of hydrogen-bond donors (Lipinski definition) is 5. The van der Waals surface area contributed by atoms with Crippen LogP contribution in [0, 0.1) is 46.8 Å². The molecule has 7 fully saturated rings. The van der Waals surface area contributed by atoms with Crippen LogP contribution in [0.4, 0.5) is 0 Å². The molecule has 13 heteroatoms. The molecule has 1 unspecified atom stereocenters. The lowest BCUT2D eigenvalue weighted by Crippen LogP contribution is -2.78. The Morgan fingerprint density at radius 1 is 0.939 bits per heavy atom. The maximum absolute atomic E-state index is 13.7. The molecule has 3 heterocycles. The fourth-order valence-electron chi connectivity index (χ4n) is 12.6. The van der Waals surface area contributed by atoms with Gasteiger partial charge >= 0.3 is 17.9 Å². The van der Waals surface area contributed by atoms with Gasteiger partial charge in [-0.25, -0.2) is 0 Å². The van der Waals surface area contributed by atoms with E-state index in [0.717, 1.165) is 19.4 Å². The predicted molar refractivity (Wildman–Crippen MR) is 170 cm³/mol. The highest BCUT2D eigenvalue weighted by atomic mass is 16.7. The van der Waals surface area contributed by atoms with Crippen molar-refractivity contribution >= 4 is 17.9 Å². The van der Waals surface area contributed by atoms with Gasteiger partial charge in [-0.3, -0.25) is 19.3 Å². The quantitative estimate of drug-likeness (QED) is 0.202. The van der Waals surface area contributed by atoms with Crippen molar-refractivity contribution in [2.75, 3.05) is 13.1 Å². The Hall–Kier alpha value is -1.87. The smallest absolute Gasteiger partial charge is 0.309 e. The second-order valence-corrected chi connectivity index (χ2v) is 17.2.